The first-order chi connectivity index (χ1) is 11.9. The Morgan fingerprint density at radius 2 is 1.88 bits per heavy atom. The van der Waals surface area contributed by atoms with Gasteiger partial charge >= 0.3 is 5.91 Å². The molecule has 1 aromatic carbocycles. The summed E-state index contributed by atoms with van der Waals surface area (Å²) in [6.07, 6.45) is 6.15. The predicted molar refractivity (Wildman–Crippen MR) is 91.9 cm³/mol. The Bertz CT molecular complexity index is 672. The Morgan fingerprint density at radius 3 is 2.56 bits per heavy atom. The van der Waals surface area contributed by atoms with Crippen molar-refractivity contribution in [1.82, 2.24) is 5.01 Å². The maximum Gasteiger partial charge on any atom is 0.309 e. The maximum absolute atomic E-state index is 12.2. The summed E-state index contributed by atoms with van der Waals surface area (Å²) in [4.78, 5) is 22.5. The number of unbranched alkanes of at least 4 members (excludes halogenated alkanes) is 5. The maximum atomic E-state index is 12.2. The van der Waals surface area contributed by atoms with Gasteiger partial charge < -0.3 is 10.2 Å². The van der Waals surface area contributed by atoms with Gasteiger partial charge in [-0.1, -0.05) is 51.2 Å². The molecule has 136 valence electrons. The summed E-state index contributed by atoms with van der Waals surface area (Å²) < 4.78 is 0. The van der Waals surface area contributed by atoms with Gasteiger partial charge in [0.15, 0.2) is 0 Å². The molecule has 0 spiro atoms. The first kappa shape index (κ1) is 19.0. The third-order valence-corrected chi connectivity index (χ3v) is 4.14. The van der Waals surface area contributed by atoms with Crippen LogP contribution in [-0.2, 0) is 4.79 Å². The van der Waals surface area contributed by atoms with Crippen molar-refractivity contribution < 1.29 is 19.9 Å². The fourth-order valence-electron chi connectivity index (χ4n) is 2.74. The standard InChI is InChI=1S/C17H23N3O5/c1-2-3-4-5-6-7-11-19-16(21)17(22,23)15(18-19)13-9-8-10-14(12-13)20(24)25/h8-10,12,22-23H,2-7,11H2,1H3. The summed E-state index contributed by atoms with van der Waals surface area (Å²) in [5.41, 5.74) is -0.358. The van der Waals surface area contributed by atoms with E-state index in [2.05, 4.69) is 12.0 Å². The van der Waals surface area contributed by atoms with Crippen LogP contribution in [0, 0.1) is 10.1 Å². The smallest absolute Gasteiger partial charge is 0.309 e. The molecular weight excluding hydrogens is 326 g/mol. The first-order valence-electron chi connectivity index (χ1n) is 8.48. The fourth-order valence-corrected chi connectivity index (χ4v) is 2.74. The number of hydrogen-bond acceptors (Lipinski definition) is 6. The number of nitrogens with zero attached hydrogens (tertiary/aromatic N) is 3. The van der Waals surface area contributed by atoms with E-state index in [1.54, 1.807) is 0 Å². The van der Waals surface area contributed by atoms with Gasteiger partial charge in [0, 0.05) is 24.2 Å². The van der Waals surface area contributed by atoms with Crippen LogP contribution >= 0.6 is 0 Å². The summed E-state index contributed by atoms with van der Waals surface area (Å²) in [6.45, 7) is 2.42. The van der Waals surface area contributed by atoms with Crippen LogP contribution in [0.5, 0.6) is 0 Å². The lowest BCUT2D eigenvalue weighted by Crippen LogP contribution is -2.46. The van der Waals surface area contributed by atoms with E-state index in [1.807, 2.05) is 0 Å². The molecule has 2 N–H and O–H groups in total. The lowest BCUT2D eigenvalue weighted by Gasteiger charge is -2.17. The number of carbonyl (C=O) groups excluding carboxylic acids is 1. The van der Waals surface area contributed by atoms with Crippen LogP contribution in [0.4, 0.5) is 5.69 Å². The largest absolute Gasteiger partial charge is 0.353 e. The van der Waals surface area contributed by atoms with Gasteiger partial charge in [-0.05, 0) is 6.42 Å². The van der Waals surface area contributed by atoms with Crippen LogP contribution in [0.25, 0.3) is 0 Å². The molecule has 1 aliphatic heterocycles. The Morgan fingerprint density at radius 1 is 1.20 bits per heavy atom. The third kappa shape index (κ3) is 4.40. The molecule has 0 atom stereocenters. The number of aliphatic hydroxyl groups is 2. The number of carbonyl (C=O) groups is 1. The van der Waals surface area contributed by atoms with Gasteiger partial charge in [-0.3, -0.25) is 14.9 Å². The van der Waals surface area contributed by atoms with E-state index in [0.29, 0.717) is 6.42 Å². The van der Waals surface area contributed by atoms with Gasteiger partial charge in [-0.25, -0.2) is 5.01 Å². The highest BCUT2D eigenvalue weighted by Crippen LogP contribution is 2.25. The van der Waals surface area contributed by atoms with Crippen molar-refractivity contribution in [1.29, 1.82) is 0 Å². The Balaban J connectivity index is 2.08. The molecule has 2 rings (SSSR count). The van der Waals surface area contributed by atoms with Crippen LogP contribution in [0.3, 0.4) is 0 Å². The van der Waals surface area contributed by atoms with E-state index < -0.39 is 16.6 Å². The molecule has 0 aliphatic carbocycles. The topological polar surface area (TPSA) is 116 Å². The van der Waals surface area contributed by atoms with Gasteiger partial charge in [0.2, 0.25) is 0 Å². The van der Waals surface area contributed by atoms with Crippen molar-refractivity contribution in [2.45, 2.75) is 51.2 Å². The molecule has 0 fully saturated rings. The first-order valence-corrected chi connectivity index (χ1v) is 8.48. The second-order valence-electron chi connectivity index (χ2n) is 6.12. The Labute approximate surface area is 145 Å². The quantitative estimate of drug-likeness (QED) is 0.307. The van der Waals surface area contributed by atoms with E-state index >= 15 is 0 Å². The van der Waals surface area contributed by atoms with Gasteiger partial charge in [-0.15, -0.1) is 0 Å². The van der Waals surface area contributed by atoms with Crippen molar-refractivity contribution in [3.63, 3.8) is 0 Å². The van der Waals surface area contributed by atoms with Crippen molar-refractivity contribution in [3.8, 4) is 0 Å². The van der Waals surface area contributed by atoms with Gasteiger partial charge in [0.1, 0.15) is 5.71 Å². The summed E-state index contributed by atoms with van der Waals surface area (Å²) in [5, 5.41) is 36.1. The van der Waals surface area contributed by atoms with E-state index in [1.165, 1.54) is 30.7 Å². The zero-order valence-electron chi connectivity index (χ0n) is 14.2. The molecule has 1 aromatic rings. The monoisotopic (exact) mass is 349 g/mol. The minimum absolute atomic E-state index is 0.137. The van der Waals surface area contributed by atoms with Crippen molar-refractivity contribution in [2.75, 3.05) is 6.54 Å². The predicted octanol–water partition coefficient (Wildman–Crippen LogP) is 2.18. The van der Waals surface area contributed by atoms with E-state index in [4.69, 9.17) is 0 Å². The summed E-state index contributed by atoms with van der Waals surface area (Å²) >= 11 is 0. The van der Waals surface area contributed by atoms with Crippen LogP contribution < -0.4 is 0 Å². The summed E-state index contributed by atoms with van der Waals surface area (Å²) in [5.74, 6) is -3.69. The number of hydrogen-bond donors (Lipinski definition) is 2. The Hall–Kier alpha value is -2.32. The van der Waals surface area contributed by atoms with Crippen LogP contribution in [-0.4, -0.2) is 44.1 Å². The molecule has 1 aliphatic rings. The number of rotatable bonds is 9. The molecule has 0 unspecified atom stereocenters. The highest BCUT2D eigenvalue weighted by molar-refractivity contribution is 6.20. The molecule has 8 nitrogen and oxygen atoms in total. The second-order valence-corrected chi connectivity index (χ2v) is 6.12. The SMILES string of the molecule is CCCCCCCCN1N=C(c2cccc([N+](=O)[O-])c2)C(O)(O)C1=O. The highest BCUT2D eigenvalue weighted by Gasteiger charge is 2.49. The van der Waals surface area contributed by atoms with E-state index in [9.17, 15) is 25.1 Å². The van der Waals surface area contributed by atoms with Crippen molar-refractivity contribution in [3.05, 3.63) is 39.9 Å². The molecule has 1 amide bonds. The Kier molecular flexibility index (Phi) is 6.22. The third-order valence-electron chi connectivity index (χ3n) is 4.14. The zero-order chi connectivity index (χ0) is 18.4. The highest BCUT2D eigenvalue weighted by atomic mass is 16.6. The number of benzene rings is 1. The number of hydrazone groups is 1. The number of nitro benzene ring substituents is 1. The van der Waals surface area contributed by atoms with Crippen LogP contribution in [0.2, 0.25) is 0 Å². The van der Waals surface area contributed by atoms with Crippen molar-refractivity contribution >= 4 is 17.3 Å². The van der Waals surface area contributed by atoms with Gasteiger partial charge in [-0.2, -0.15) is 5.10 Å². The van der Waals surface area contributed by atoms with Crippen molar-refractivity contribution in [2.24, 2.45) is 5.10 Å². The van der Waals surface area contributed by atoms with Gasteiger partial charge in [0.05, 0.1) is 4.92 Å². The van der Waals surface area contributed by atoms with E-state index in [0.717, 1.165) is 30.7 Å². The molecular formula is C17H23N3O5. The minimum Gasteiger partial charge on any atom is -0.353 e. The lowest BCUT2D eigenvalue weighted by molar-refractivity contribution is -0.384. The summed E-state index contributed by atoms with van der Waals surface area (Å²) in [7, 11) is 0. The molecule has 0 saturated heterocycles. The molecule has 25 heavy (non-hydrogen) atoms. The minimum atomic E-state index is -2.77. The second kappa shape index (κ2) is 8.17. The number of nitro groups is 1. The normalized spacial score (nSPS) is 16.2. The number of non-ortho nitro benzene ring substituents is 1. The zero-order valence-corrected chi connectivity index (χ0v) is 14.2. The number of amides is 1. The lowest BCUT2D eigenvalue weighted by atomic mass is 10.0. The average Bonchev–Trinajstić information content (AvgIpc) is 2.81. The molecule has 1 heterocycles. The molecule has 0 aromatic heterocycles. The van der Waals surface area contributed by atoms with Crippen LogP contribution in [0.1, 0.15) is 51.0 Å². The average molecular weight is 349 g/mol. The van der Waals surface area contributed by atoms with Gasteiger partial charge in [0.25, 0.3) is 11.5 Å². The fraction of sp³-hybridized carbons (Fsp3) is 0.529. The molecule has 8 heteroatoms. The van der Waals surface area contributed by atoms with E-state index in [-0.39, 0.29) is 23.5 Å². The van der Waals surface area contributed by atoms with Crippen LogP contribution in [0.15, 0.2) is 29.4 Å². The summed E-state index contributed by atoms with van der Waals surface area (Å²) in [6, 6.07) is 5.31. The molecule has 0 bridgehead atoms. The molecule has 0 radical (unpaired) electrons. The molecule has 0 saturated carbocycles.